The zero-order chi connectivity index (χ0) is 9.52. The molecule has 0 spiro atoms. The first kappa shape index (κ1) is 9.81. The van der Waals surface area contributed by atoms with Gasteiger partial charge in [-0.1, -0.05) is 18.2 Å². The van der Waals surface area contributed by atoms with Crippen molar-refractivity contribution in [3.05, 3.63) is 42.5 Å². The van der Waals surface area contributed by atoms with Crippen LogP contribution in [0.2, 0.25) is 0 Å². The van der Waals surface area contributed by atoms with Crippen LogP contribution < -0.4 is 5.73 Å². The Kier molecular flexibility index (Phi) is 4.06. The van der Waals surface area contributed by atoms with Gasteiger partial charge in [0.2, 0.25) is 0 Å². The molecule has 1 aromatic carbocycles. The lowest BCUT2D eigenvalue weighted by Gasteiger charge is -2.01. The summed E-state index contributed by atoms with van der Waals surface area (Å²) in [6, 6.07) is 7.85. The molecule has 0 aromatic heterocycles. The van der Waals surface area contributed by atoms with E-state index in [1.54, 1.807) is 6.08 Å². The lowest BCUT2D eigenvalue weighted by molar-refractivity contribution is 0.166. The maximum Gasteiger partial charge on any atom is 0.0644 e. The minimum atomic E-state index is 0.620. The van der Waals surface area contributed by atoms with E-state index in [4.69, 9.17) is 10.5 Å². The predicted molar refractivity (Wildman–Crippen MR) is 55.6 cm³/mol. The Bertz CT molecular complexity index is 253. The van der Waals surface area contributed by atoms with Crippen LogP contribution in [0.15, 0.2) is 36.9 Å². The summed E-state index contributed by atoms with van der Waals surface area (Å²) in [5.74, 6) is 0. The van der Waals surface area contributed by atoms with E-state index in [-0.39, 0.29) is 0 Å². The van der Waals surface area contributed by atoms with Gasteiger partial charge in [-0.05, 0) is 24.1 Å². The zero-order valence-electron chi connectivity index (χ0n) is 7.70. The molecule has 0 aliphatic heterocycles. The van der Waals surface area contributed by atoms with Crippen LogP contribution >= 0.6 is 0 Å². The normalized spacial score (nSPS) is 9.85. The van der Waals surface area contributed by atoms with Crippen LogP contribution in [0.3, 0.4) is 0 Å². The quantitative estimate of drug-likeness (QED) is 0.424. The molecule has 13 heavy (non-hydrogen) atoms. The van der Waals surface area contributed by atoms with Crippen LogP contribution in [-0.2, 0) is 11.2 Å². The summed E-state index contributed by atoms with van der Waals surface area (Å²) in [4.78, 5) is 0. The molecule has 2 nitrogen and oxygen atoms in total. The third-order valence-electron chi connectivity index (χ3n) is 1.75. The summed E-state index contributed by atoms with van der Waals surface area (Å²) < 4.78 is 5.27. The van der Waals surface area contributed by atoms with Gasteiger partial charge in [0.15, 0.2) is 0 Å². The van der Waals surface area contributed by atoms with E-state index in [1.165, 1.54) is 5.56 Å². The van der Waals surface area contributed by atoms with Crippen LogP contribution in [0.4, 0.5) is 5.69 Å². The maximum atomic E-state index is 5.56. The molecule has 2 heteroatoms. The second kappa shape index (κ2) is 5.38. The lowest BCUT2D eigenvalue weighted by Crippen LogP contribution is -1.98. The van der Waals surface area contributed by atoms with Crippen molar-refractivity contribution in [2.75, 3.05) is 18.9 Å². The first-order valence-corrected chi connectivity index (χ1v) is 4.36. The fourth-order valence-corrected chi connectivity index (χ4v) is 1.04. The van der Waals surface area contributed by atoms with Crippen LogP contribution in [-0.4, -0.2) is 13.2 Å². The SMILES string of the molecule is C=CCOCCc1ccc(N)cc1. The van der Waals surface area contributed by atoms with Crippen molar-refractivity contribution in [2.24, 2.45) is 0 Å². The van der Waals surface area contributed by atoms with Gasteiger partial charge in [-0.25, -0.2) is 0 Å². The summed E-state index contributed by atoms with van der Waals surface area (Å²) in [7, 11) is 0. The molecule has 0 saturated carbocycles. The van der Waals surface area contributed by atoms with E-state index in [2.05, 4.69) is 6.58 Å². The average molecular weight is 177 g/mol. The lowest BCUT2D eigenvalue weighted by atomic mass is 10.1. The highest BCUT2D eigenvalue weighted by Gasteiger charge is 1.91. The van der Waals surface area contributed by atoms with Gasteiger partial charge in [0.1, 0.15) is 0 Å². The Morgan fingerprint density at radius 2 is 2.00 bits per heavy atom. The summed E-state index contributed by atoms with van der Waals surface area (Å²) in [6.07, 6.45) is 2.68. The summed E-state index contributed by atoms with van der Waals surface area (Å²) in [5.41, 5.74) is 7.61. The first-order valence-electron chi connectivity index (χ1n) is 4.36. The van der Waals surface area contributed by atoms with Crippen molar-refractivity contribution < 1.29 is 4.74 Å². The molecular weight excluding hydrogens is 162 g/mol. The van der Waals surface area contributed by atoms with Crippen LogP contribution in [0.1, 0.15) is 5.56 Å². The monoisotopic (exact) mass is 177 g/mol. The molecule has 0 atom stereocenters. The van der Waals surface area contributed by atoms with E-state index < -0.39 is 0 Å². The molecule has 1 rings (SSSR count). The molecular formula is C11H15NO. The third-order valence-corrected chi connectivity index (χ3v) is 1.75. The second-order valence-electron chi connectivity index (χ2n) is 2.86. The Balaban J connectivity index is 2.28. The van der Waals surface area contributed by atoms with Gasteiger partial charge in [-0.15, -0.1) is 6.58 Å². The van der Waals surface area contributed by atoms with Crippen molar-refractivity contribution in [2.45, 2.75) is 6.42 Å². The van der Waals surface area contributed by atoms with E-state index in [0.29, 0.717) is 6.61 Å². The van der Waals surface area contributed by atoms with E-state index >= 15 is 0 Å². The number of hydrogen-bond acceptors (Lipinski definition) is 2. The van der Waals surface area contributed by atoms with Crippen LogP contribution in [0, 0.1) is 0 Å². The van der Waals surface area contributed by atoms with Crippen molar-refractivity contribution in [3.63, 3.8) is 0 Å². The van der Waals surface area contributed by atoms with Crippen molar-refractivity contribution in [3.8, 4) is 0 Å². The molecule has 70 valence electrons. The molecule has 0 aliphatic carbocycles. The van der Waals surface area contributed by atoms with Crippen LogP contribution in [0.25, 0.3) is 0 Å². The Morgan fingerprint density at radius 3 is 2.62 bits per heavy atom. The van der Waals surface area contributed by atoms with Gasteiger partial charge in [-0.3, -0.25) is 0 Å². The van der Waals surface area contributed by atoms with Gasteiger partial charge in [-0.2, -0.15) is 0 Å². The Hall–Kier alpha value is -1.28. The Morgan fingerprint density at radius 1 is 1.31 bits per heavy atom. The fraction of sp³-hybridized carbons (Fsp3) is 0.273. The molecule has 0 saturated heterocycles. The maximum absolute atomic E-state index is 5.56. The largest absolute Gasteiger partial charge is 0.399 e. The number of benzene rings is 1. The van der Waals surface area contributed by atoms with Crippen molar-refractivity contribution in [1.29, 1.82) is 0 Å². The molecule has 0 unspecified atom stereocenters. The highest BCUT2D eigenvalue weighted by atomic mass is 16.5. The summed E-state index contributed by atoms with van der Waals surface area (Å²) >= 11 is 0. The summed E-state index contributed by atoms with van der Waals surface area (Å²) in [6.45, 7) is 4.93. The second-order valence-corrected chi connectivity index (χ2v) is 2.86. The number of hydrogen-bond donors (Lipinski definition) is 1. The molecule has 0 bridgehead atoms. The van der Waals surface area contributed by atoms with Gasteiger partial charge in [0.25, 0.3) is 0 Å². The smallest absolute Gasteiger partial charge is 0.0644 e. The molecule has 0 heterocycles. The highest BCUT2D eigenvalue weighted by Crippen LogP contribution is 2.05. The predicted octanol–water partition coefficient (Wildman–Crippen LogP) is 2.01. The van der Waals surface area contributed by atoms with Gasteiger partial charge in [0, 0.05) is 5.69 Å². The van der Waals surface area contributed by atoms with Gasteiger partial charge in [0.05, 0.1) is 13.2 Å². The van der Waals surface area contributed by atoms with Gasteiger partial charge < -0.3 is 10.5 Å². The van der Waals surface area contributed by atoms with E-state index in [0.717, 1.165) is 18.7 Å². The first-order chi connectivity index (χ1) is 6.33. The average Bonchev–Trinajstić information content (AvgIpc) is 2.15. The van der Waals surface area contributed by atoms with Crippen molar-refractivity contribution >= 4 is 5.69 Å². The molecule has 1 aromatic rings. The number of nitrogens with two attached hydrogens (primary N) is 1. The van der Waals surface area contributed by atoms with E-state index in [1.807, 2.05) is 24.3 Å². The molecule has 2 N–H and O–H groups in total. The molecule has 0 fully saturated rings. The third kappa shape index (κ3) is 3.76. The Labute approximate surface area is 79.0 Å². The standard InChI is InChI=1S/C11H15NO/c1-2-8-13-9-7-10-3-5-11(12)6-4-10/h2-6H,1,7-9,12H2. The number of ether oxygens (including phenoxy) is 1. The number of rotatable bonds is 5. The minimum absolute atomic E-state index is 0.620. The molecule has 0 amide bonds. The van der Waals surface area contributed by atoms with Crippen LogP contribution in [0.5, 0.6) is 0 Å². The topological polar surface area (TPSA) is 35.2 Å². The number of anilines is 1. The zero-order valence-corrected chi connectivity index (χ0v) is 7.70. The molecule has 0 aliphatic rings. The highest BCUT2D eigenvalue weighted by molar-refractivity contribution is 5.39. The fourth-order valence-electron chi connectivity index (χ4n) is 1.04. The van der Waals surface area contributed by atoms with Gasteiger partial charge >= 0.3 is 0 Å². The van der Waals surface area contributed by atoms with E-state index in [9.17, 15) is 0 Å². The minimum Gasteiger partial charge on any atom is -0.399 e. The van der Waals surface area contributed by atoms with Crippen molar-refractivity contribution in [1.82, 2.24) is 0 Å². The number of nitrogen functional groups attached to an aromatic ring is 1. The summed E-state index contributed by atoms with van der Waals surface area (Å²) in [5, 5.41) is 0. The molecule has 0 radical (unpaired) electrons.